The molecule has 1 saturated heterocycles. The molecule has 1 fully saturated rings. The van der Waals surface area contributed by atoms with E-state index in [4.69, 9.17) is 0 Å². The van der Waals surface area contributed by atoms with Crippen LogP contribution in [0.2, 0.25) is 0 Å². The largest absolute Gasteiger partial charge is 0.360 e. The van der Waals surface area contributed by atoms with Gasteiger partial charge in [0, 0.05) is 29.7 Å². The highest BCUT2D eigenvalue weighted by molar-refractivity contribution is 5.98. The predicted molar refractivity (Wildman–Crippen MR) is 98.2 cm³/mol. The number of carbonyl (C=O) groups is 2. The molecular formula is C17H21ClN4O3. The Morgan fingerprint density at radius 2 is 2.04 bits per heavy atom. The second-order valence-corrected chi connectivity index (χ2v) is 5.87. The summed E-state index contributed by atoms with van der Waals surface area (Å²) in [6.07, 6.45) is 3.32. The monoisotopic (exact) mass is 364 g/mol. The molecule has 2 heterocycles. The number of pyridine rings is 1. The molecule has 1 aliphatic heterocycles. The Kier molecular flexibility index (Phi) is 6.55. The predicted octanol–water partition coefficient (Wildman–Crippen LogP) is 0.548. The summed E-state index contributed by atoms with van der Waals surface area (Å²) < 4.78 is 0. The molecule has 1 aromatic heterocycles. The van der Waals surface area contributed by atoms with Gasteiger partial charge in [-0.25, -0.2) is 0 Å². The van der Waals surface area contributed by atoms with Crippen LogP contribution in [0.15, 0.2) is 35.3 Å². The molecule has 0 radical (unpaired) electrons. The fourth-order valence-electron chi connectivity index (χ4n) is 2.85. The summed E-state index contributed by atoms with van der Waals surface area (Å²) in [4.78, 5) is 39.4. The number of rotatable bonds is 4. The van der Waals surface area contributed by atoms with Gasteiger partial charge < -0.3 is 20.9 Å². The van der Waals surface area contributed by atoms with Crippen molar-refractivity contribution in [3.8, 4) is 0 Å². The molecule has 25 heavy (non-hydrogen) atoms. The normalized spacial score (nSPS) is 16.7. The van der Waals surface area contributed by atoms with Crippen molar-refractivity contribution in [2.75, 3.05) is 19.6 Å². The Morgan fingerprint density at radius 3 is 2.80 bits per heavy atom. The van der Waals surface area contributed by atoms with E-state index in [2.05, 4.69) is 20.9 Å². The maximum atomic E-state index is 12.3. The molecule has 3 rings (SSSR count). The Bertz CT molecular complexity index is 815. The number of para-hydroxylation sites is 1. The topological polar surface area (TPSA) is 103 Å². The van der Waals surface area contributed by atoms with Gasteiger partial charge in [-0.1, -0.05) is 12.1 Å². The highest BCUT2D eigenvalue weighted by atomic mass is 35.5. The third kappa shape index (κ3) is 4.58. The Balaban J connectivity index is 0.00000225. The number of fused-ring (bicyclic) bond motifs is 1. The molecule has 2 aromatic rings. The van der Waals surface area contributed by atoms with Gasteiger partial charge in [0.15, 0.2) is 0 Å². The van der Waals surface area contributed by atoms with E-state index in [0.29, 0.717) is 10.9 Å². The summed E-state index contributed by atoms with van der Waals surface area (Å²) in [5.41, 5.74) is 0.321. The molecule has 134 valence electrons. The van der Waals surface area contributed by atoms with E-state index in [1.807, 2.05) is 6.07 Å². The number of hydrogen-bond acceptors (Lipinski definition) is 4. The van der Waals surface area contributed by atoms with Gasteiger partial charge in [0.05, 0.1) is 6.54 Å². The molecule has 4 N–H and O–H groups in total. The van der Waals surface area contributed by atoms with Crippen molar-refractivity contribution in [1.82, 2.24) is 20.9 Å². The molecule has 0 bridgehead atoms. The minimum atomic E-state index is -0.557. The smallest absolute Gasteiger partial charge is 0.257 e. The summed E-state index contributed by atoms with van der Waals surface area (Å²) in [7, 11) is 0. The number of aromatic nitrogens is 1. The van der Waals surface area contributed by atoms with Gasteiger partial charge >= 0.3 is 0 Å². The minimum Gasteiger partial charge on any atom is -0.360 e. The highest BCUT2D eigenvalue weighted by Gasteiger charge is 2.17. The fourth-order valence-corrected chi connectivity index (χ4v) is 2.85. The lowest BCUT2D eigenvalue weighted by Crippen LogP contribution is -2.48. The average molecular weight is 365 g/mol. The third-order valence-corrected chi connectivity index (χ3v) is 4.10. The van der Waals surface area contributed by atoms with E-state index in [-0.39, 0.29) is 41.9 Å². The van der Waals surface area contributed by atoms with Crippen LogP contribution in [-0.2, 0) is 4.79 Å². The van der Waals surface area contributed by atoms with E-state index in [0.717, 1.165) is 25.9 Å². The van der Waals surface area contributed by atoms with Crippen molar-refractivity contribution < 1.29 is 9.59 Å². The van der Waals surface area contributed by atoms with E-state index in [1.54, 1.807) is 18.2 Å². The first-order valence-electron chi connectivity index (χ1n) is 8.04. The summed E-state index contributed by atoms with van der Waals surface area (Å²) >= 11 is 0. The number of H-pyrrole nitrogens is 1. The van der Waals surface area contributed by atoms with Crippen LogP contribution < -0.4 is 21.4 Å². The lowest BCUT2D eigenvalue weighted by atomic mass is 10.1. The van der Waals surface area contributed by atoms with Gasteiger partial charge in [0.25, 0.3) is 5.91 Å². The highest BCUT2D eigenvalue weighted by Crippen LogP contribution is 2.06. The van der Waals surface area contributed by atoms with Gasteiger partial charge in [-0.3, -0.25) is 14.4 Å². The molecule has 0 aliphatic carbocycles. The van der Waals surface area contributed by atoms with Gasteiger partial charge in [-0.2, -0.15) is 0 Å². The number of halogens is 1. The molecule has 1 aliphatic rings. The quantitative estimate of drug-likeness (QED) is 0.636. The first kappa shape index (κ1) is 19.0. The molecule has 8 heteroatoms. The molecular weight excluding hydrogens is 344 g/mol. The average Bonchev–Trinajstić information content (AvgIpc) is 2.61. The van der Waals surface area contributed by atoms with Crippen molar-refractivity contribution >= 4 is 35.1 Å². The Hall–Kier alpha value is -2.38. The van der Waals surface area contributed by atoms with Crippen molar-refractivity contribution in [3.05, 3.63) is 46.2 Å². The van der Waals surface area contributed by atoms with Gasteiger partial charge in [-0.05, 0) is 31.5 Å². The van der Waals surface area contributed by atoms with Crippen LogP contribution >= 0.6 is 12.4 Å². The van der Waals surface area contributed by atoms with Gasteiger partial charge in [0.1, 0.15) is 5.56 Å². The van der Waals surface area contributed by atoms with Crippen molar-refractivity contribution in [3.63, 3.8) is 0 Å². The van der Waals surface area contributed by atoms with E-state index in [1.165, 1.54) is 6.20 Å². The molecule has 0 saturated carbocycles. The number of amides is 2. The first-order chi connectivity index (χ1) is 11.6. The Labute approximate surface area is 151 Å². The van der Waals surface area contributed by atoms with Crippen LogP contribution in [0, 0.1) is 0 Å². The molecule has 1 unspecified atom stereocenters. The number of carbonyl (C=O) groups excluding carboxylic acids is 2. The van der Waals surface area contributed by atoms with Crippen molar-refractivity contribution in [1.29, 1.82) is 0 Å². The number of aromatic amines is 1. The van der Waals surface area contributed by atoms with Crippen LogP contribution in [0.5, 0.6) is 0 Å². The zero-order valence-electron chi connectivity index (χ0n) is 13.6. The zero-order valence-corrected chi connectivity index (χ0v) is 14.4. The minimum absolute atomic E-state index is 0. The van der Waals surface area contributed by atoms with Crippen LogP contribution in [0.25, 0.3) is 10.9 Å². The van der Waals surface area contributed by atoms with Gasteiger partial charge in [0.2, 0.25) is 11.3 Å². The van der Waals surface area contributed by atoms with Crippen LogP contribution in [-0.4, -0.2) is 42.5 Å². The van der Waals surface area contributed by atoms with Crippen LogP contribution in [0.3, 0.4) is 0 Å². The standard InChI is InChI=1S/C17H20N4O3.ClH/c22-15(21-11-4-3-7-18-8-11)10-20-17(24)13-9-19-14-6-2-1-5-12(14)16(13)23;/h1-2,5-6,9,11,18H,3-4,7-8,10H2,(H,19,23)(H,20,24)(H,21,22);1H. The van der Waals surface area contributed by atoms with Gasteiger partial charge in [-0.15, -0.1) is 12.4 Å². The summed E-state index contributed by atoms with van der Waals surface area (Å²) in [6, 6.07) is 7.07. The zero-order chi connectivity index (χ0) is 16.9. The number of piperidine rings is 1. The van der Waals surface area contributed by atoms with E-state index < -0.39 is 5.91 Å². The molecule has 2 amide bonds. The van der Waals surface area contributed by atoms with Crippen molar-refractivity contribution in [2.24, 2.45) is 0 Å². The number of hydrogen-bond donors (Lipinski definition) is 4. The maximum absolute atomic E-state index is 12.3. The summed E-state index contributed by atoms with van der Waals surface area (Å²) in [6.45, 7) is 1.56. The fraction of sp³-hybridized carbons (Fsp3) is 0.353. The first-order valence-corrected chi connectivity index (χ1v) is 8.04. The van der Waals surface area contributed by atoms with E-state index in [9.17, 15) is 14.4 Å². The Morgan fingerprint density at radius 1 is 1.24 bits per heavy atom. The third-order valence-electron chi connectivity index (χ3n) is 4.10. The molecule has 1 atom stereocenters. The molecule has 1 aromatic carbocycles. The second kappa shape index (κ2) is 8.64. The lowest BCUT2D eigenvalue weighted by Gasteiger charge is -2.23. The SMILES string of the molecule is Cl.O=C(CNC(=O)c1c[nH]c2ccccc2c1=O)NC1CCCNC1. The maximum Gasteiger partial charge on any atom is 0.257 e. The van der Waals surface area contributed by atoms with Crippen LogP contribution in [0.1, 0.15) is 23.2 Å². The molecule has 7 nitrogen and oxygen atoms in total. The van der Waals surface area contributed by atoms with Crippen LogP contribution in [0.4, 0.5) is 0 Å². The van der Waals surface area contributed by atoms with E-state index >= 15 is 0 Å². The number of nitrogens with one attached hydrogen (secondary N) is 4. The number of benzene rings is 1. The second-order valence-electron chi connectivity index (χ2n) is 5.87. The summed E-state index contributed by atoms with van der Waals surface area (Å²) in [5, 5.41) is 9.03. The summed E-state index contributed by atoms with van der Waals surface area (Å²) in [5.74, 6) is -0.812. The lowest BCUT2D eigenvalue weighted by molar-refractivity contribution is -0.120. The van der Waals surface area contributed by atoms with Crippen molar-refractivity contribution in [2.45, 2.75) is 18.9 Å². The molecule has 0 spiro atoms.